The Kier molecular flexibility index (Phi) is 6.86. The van der Waals surface area contributed by atoms with Crippen LogP contribution in [0.25, 0.3) is 22.0 Å². The van der Waals surface area contributed by atoms with Crippen LogP contribution in [-0.2, 0) is 18.9 Å². The zero-order valence-electron chi connectivity index (χ0n) is 19.6. The number of amides is 1. The van der Waals surface area contributed by atoms with Crippen LogP contribution in [-0.4, -0.2) is 29.9 Å². The summed E-state index contributed by atoms with van der Waals surface area (Å²) >= 11 is 0. The van der Waals surface area contributed by atoms with Gasteiger partial charge in [0.05, 0.1) is 23.8 Å². The number of carbonyl (C=O) groups is 1. The molecule has 192 valence electrons. The molecular formula is C27H20F6N2O2. The van der Waals surface area contributed by atoms with Gasteiger partial charge in [0.15, 0.2) is 0 Å². The summed E-state index contributed by atoms with van der Waals surface area (Å²) in [5, 5.41) is 0.629. The Balaban J connectivity index is 1.83. The second-order valence-electron chi connectivity index (χ2n) is 8.33. The van der Waals surface area contributed by atoms with Crippen molar-refractivity contribution in [1.82, 2.24) is 9.88 Å². The standard InChI is InChI=1S/C27H20F6N2O2/c1-35(15-16-12-18(26(28,29)30)14-19(13-16)27(31,32)33)25(36)23-22(17-8-4-3-5-9-17)20-10-6-7-11-21(20)34-24(23)37-2/h3-14H,15H2,1-2H3. The van der Waals surface area contributed by atoms with Gasteiger partial charge in [-0.2, -0.15) is 26.3 Å². The molecule has 0 spiro atoms. The van der Waals surface area contributed by atoms with E-state index in [0.29, 0.717) is 34.2 Å². The highest BCUT2D eigenvalue weighted by Crippen LogP contribution is 2.38. The normalized spacial score (nSPS) is 12.0. The van der Waals surface area contributed by atoms with E-state index in [2.05, 4.69) is 4.98 Å². The number of fused-ring (bicyclic) bond motifs is 1. The topological polar surface area (TPSA) is 42.4 Å². The summed E-state index contributed by atoms with van der Waals surface area (Å²) in [6.07, 6.45) is -9.99. The van der Waals surface area contributed by atoms with E-state index in [9.17, 15) is 31.1 Å². The number of ether oxygens (including phenoxy) is 1. The zero-order chi connectivity index (χ0) is 27.0. The summed E-state index contributed by atoms with van der Waals surface area (Å²) in [6.45, 7) is -0.518. The van der Waals surface area contributed by atoms with Crippen molar-refractivity contribution in [2.24, 2.45) is 0 Å². The number of hydrogen-bond donors (Lipinski definition) is 0. The first-order valence-electron chi connectivity index (χ1n) is 11.0. The highest BCUT2D eigenvalue weighted by molar-refractivity contribution is 6.10. The monoisotopic (exact) mass is 518 g/mol. The molecule has 4 rings (SSSR count). The third-order valence-electron chi connectivity index (χ3n) is 5.74. The Morgan fingerprint density at radius 2 is 1.43 bits per heavy atom. The lowest BCUT2D eigenvalue weighted by Crippen LogP contribution is -2.28. The van der Waals surface area contributed by atoms with Gasteiger partial charge in [0.2, 0.25) is 5.88 Å². The van der Waals surface area contributed by atoms with Crippen LogP contribution in [0.2, 0.25) is 0 Å². The molecule has 4 nitrogen and oxygen atoms in total. The van der Waals surface area contributed by atoms with Crippen molar-refractivity contribution in [2.75, 3.05) is 14.2 Å². The molecule has 0 bridgehead atoms. The maximum absolute atomic E-state index is 13.7. The van der Waals surface area contributed by atoms with Crippen molar-refractivity contribution < 1.29 is 35.9 Å². The Morgan fingerprint density at radius 3 is 2.00 bits per heavy atom. The highest BCUT2D eigenvalue weighted by atomic mass is 19.4. The van der Waals surface area contributed by atoms with Gasteiger partial charge in [-0.05, 0) is 35.4 Å². The van der Waals surface area contributed by atoms with Crippen molar-refractivity contribution >= 4 is 16.8 Å². The van der Waals surface area contributed by atoms with Crippen molar-refractivity contribution in [3.63, 3.8) is 0 Å². The van der Waals surface area contributed by atoms with Gasteiger partial charge in [0, 0.05) is 24.5 Å². The third-order valence-corrected chi connectivity index (χ3v) is 5.74. The summed E-state index contributed by atoms with van der Waals surface area (Å²) in [4.78, 5) is 19.1. The second-order valence-corrected chi connectivity index (χ2v) is 8.33. The number of pyridine rings is 1. The Morgan fingerprint density at radius 1 is 0.865 bits per heavy atom. The minimum absolute atomic E-state index is 0.0191. The largest absolute Gasteiger partial charge is 0.480 e. The number of benzene rings is 3. The minimum Gasteiger partial charge on any atom is -0.480 e. The second kappa shape index (κ2) is 9.76. The molecule has 0 fully saturated rings. The number of rotatable bonds is 5. The fourth-order valence-electron chi connectivity index (χ4n) is 4.09. The van der Waals surface area contributed by atoms with Crippen LogP contribution in [0.1, 0.15) is 27.0 Å². The van der Waals surface area contributed by atoms with E-state index in [1.807, 2.05) is 0 Å². The first-order chi connectivity index (χ1) is 17.4. The molecule has 0 aliphatic heterocycles. The first-order valence-corrected chi connectivity index (χ1v) is 11.0. The molecule has 1 aromatic heterocycles. The van der Waals surface area contributed by atoms with Gasteiger partial charge in [-0.1, -0.05) is 48.5 Å². The van der Waals surface area contributed by atoms with Crippen LogP contribution in [0.15, 0.2) is 72.8 Å². The molecule has 3 aromatic carbocycles. The lowest BCUT2D eigenvalue weighted by Gasteiger charge is -2.23. The molecule has 0 N–H and O–H groups in total. The van der Waals surface area contributed by atoms with E-state index >= 15 is 0 Å². The average Bonchev–Trinajstić information content (AvgIpc) is 2.86. The molecule has 0 radical (unpaired) electrons. The van der Waals surface area contributed by atoms with E-state index in [1.54, 1.807) is 54.6 Å². The van der Waals surface area contributed by atoms with Gasteiger partial charge in [-0.25, -0.2) is 4.98 Å². The summed E-state index contributed by atoms with van der Waals surface area (Å²) in [5.41, 5.74) is -1.49. The molecule has 0 saturated heterocycles. The smallest absolute Gasteiger partial charge is 0.416 e. The summed E-state index contributed by atoms with van der Waals surface area (Å²) in [5.74, 6) is -0.700. The number of aromatic nitrogens is 1. The maximum Gasteiger partial charge on any atom is 0.416 e. The maximum atomic E-state index is 13.7. The van der Waals surface area contributed by atoms with Crippen LogP contribution in [0.4, 0.5) is 26.3 Å². The van der Waals surface area contributed by atoms with Gasteiger partial charge >= 0.3 is 12.4 Å². The molecule has 0 aliphatic carbocycles. The van der Waals surface area contributed by atoms with Crippen LogP contribution in [0.3, 0.4) is 0 Å². The van der Waals surface area contributed by atoms with Gasteiger partial charge in [-0.3, -0.25) is 4.79 Å². The Labute approximate surface area is 208 Å². The highest BCUT2D eigenvalue weighted by Gasteiger charge is 2.37. The molecule has 0 atom stereocenters. The first kappa shape index (κ1) is 26.0. The van der Waals surface area contributed by atoms with Crippen LogP contribution < -0.4 is 4.74 Å². The van der Waals surface area contributed by atoms with Gasteiger partial charge in [-0.15, -0.1) is 0 Å². The SMILES string of the molecule is COc1nc2ccccc2c(-c2ccccc2)c1C(=O)N(C)Cc1cc(C(F)(F)F)cc(C(F)(F)F)c1. The fourth-order valence-corrected chi connectivity index (χ4v) is 4.09. The van der Waals surface area contributed by atoms with Gasteiger partial charge in [0.25, 0.3) is 5.91 Å². The minimum atomic E-state index is -5.00. The summed E-state index contributed by atoms with van der Waals surface area (Å²) < 4.78 is 85.3. The lowest BCUT2D eigenvalue weighted by atomic mass is 9.95. The van der Waals surface area contributed by atoms with E-state index < -0.39 is 35.9 Å². The number of hydrogen-bond acceptors (Lipinski definition) is 3. The Bertz CT molecular complexity index is 1420. The number of alkyl halides is 6. The predicted molar refractivity (Wildman–Crippen MR) is 126 cm³/mol. The van der Waals surface area contributed by atoms with Crippen LogP contribution in [0, 0.1) is 0 Å². The van der Waals surface area contributed by atoms with E-state index in [-0.39, 0.29) is 23.1 Å². The van der Waals surface area contributed by atoms with Gasteiger partial charge in [0.1, 0.15) is 5.56 Å². The van der Waals surface area contributed by atoms with Crippen LogP contribution >= 0.6 is 0 Å². The zero-order valence-corrected chi connectivity index (χ0v) is 19.6. The van der Waals surface area contributed by atoms with E-state index in [0.717, 1.165) is 4.90 Å². The molecule has 0 aliphatic rings. The van der Waals surface area contributed by atoms with E-state index in [4.69, 9.17) is 4.74 Å². The van der Waals surface area contributed by atoms with Crippen molar-refractivity contribution in [2.45, 2.75) is 18.9 Å². The van der Waals surface area contributed by atoms with Crippen molar-refractivity contribution in [3.8, 4) is 17.0 Å². The average molecular weight is 518 g/mol. The molecular weight excluding hydrogens is 498 g/mol. The van der Waals surface area contributed by atoms with Crippen LogP contribution in [0.5, 0.6) is 5.88 Å². The van der Waals surface area contributed by atoms with Crippen molar-refractivity contribution in [3.05, 3.63) is 95.1 Å². The summed E-state index contributed by atoms with van der Waals surface area (Å²) in [7, 11) is 2.62. The summed E-state index contributed by atoms with van der Waals surface area (Å²) in [6, 6.07) is 17.2. The Hall–Kier alpha value is -4.08. The number of halogens is 6. The molecule has 37 heavy (non-hydrogen) atoms. The lowest BCUT2D eigenvalue weighted by molar-refractivity contribution is -0.143. The number of methoxy groups -OCH3 is 1. The molecule has 1 heterocycles. The predicted octanol–water partition coefficient (Wildman–Crippen LogP) is 7.22. The molecule has 4 aromatic rings. The molecule has 10 heteroatoms. The number of para-hydroxylation sites is 1. The van der Waals surface area contributed by atoms with Crippen molar-refractivity contribution in [1.29, 1.82) is 0 Å². The number of carbonyl (C=O) groups excluding carboxylic acids is 1. The third kappa shape index (κ3) is 5.37. The molecule has 0 saturated carbocycles. The quantitative estimate of drug-likeness (QED) is 0.262. The molecule has 1 amide bonds. The fraction of sp³-hybridized carbons (Fsp3) is 0.185. The van der Waals surface area contributed by atoms with Gasteiger partial charge < -0.3 is 9.64 Å². The van der Waals surface area contributed by atoms with E-state index in [1.165, 1.54) is 14.2 Å². The number of nitrogens with zero attached hydrogens (tertiary/aromatic N) is 2. The molecule has 0 unspecified atom stereocenters.